The molecule has 1 aromatic heterocycles. The molecule has 0 bridgehead atoms. The second-order valence-electron chi connectivity index (χ2n) is 5.91. The quantitative estimate of drug-likeness (QED) is 0.646. The number of nitrogens with one attached hydrogen (secondary N) is 1. The summed E-state index contributed by atoms with van der Waals surface area (Å²) in [5.41, 5.74) is 8.17. The number of nitrogens with zero attached hydrogens (tertiary/aromatic N) is 3. The van der Waals surface area contributed by atoms with E-state index >= 15 is 0 Å². The molecule has 0 saturated carbocycles. The van der Waals surface area contributed by atoms with E-state index < -0.39 is 0 Å². The Kier molecular flexibility index (Phi) is 5.10. The van der Waals surface area contributed by atoms with Crippen molar-refractivity contribution in [3.8, 4) is 0 Å². The Balaban J connectivity index is 1.50. The van der Waals surface area contributed by atoms with E-state index in [1.165, 1.54) is 5.56 Å². The first kappa shape index (κ1) is 16.4. The molecule has 0 radical (unpaired) electrons. The van der Waals surface area contributed by atoms with Crippen LogP contribution >= 0.6 is 0 Å². The van der Waals surface area contributed by atoms with Gasteiger partial charge in [0.2, 0.25) is 0 Å². The van der Waals surface area contributed by atoms with Crippen molar-refractivity contribution < 1.29 is 9.26 Å². The second kappa shape index (κ2) is 7.44. The van der Waals surface area contributed by atoms with Crippen molar-refractivity contribution in [3.63, 3.8) is 0 Å². The van der Waals surface area contributed by atoms with Crippen LogP contribution in [0.3, 0.4) is 0 Å². The lowest BCUT2D eigenvalue weighted by molar-refractivity contribution is 0.0309. The van der Waals surface area contributed by atoms with Gasteiger partial charge in [-0.05, 0) is 43.9 Å². The van der Waals surface area contributed by atoms with Gasteiger partial charge in [0.05, 0.1) is 12.6 Å². The minimum atomic E-state index is -0.137. The van der Waals surface area contributed by atoms with Gasteiger partial charge in [-0.3, -0.25) is 4.99 Å². The molecule has 3 rings (SSSR count). The Bertz CT molecular complexity index is 695. The summed E-state index contributed by atoms with van der Waals surface area (Å²) in [5.74, 6) is 1.55. The molecule has 24 heavy (non-hydrogen) atoms. The molecule has 1 fully saturated rings. The number of anilines is 1. The maximum absolute atomic E-state index is 5.95. The third-order valence-electron chi connectivity index (χ3n) is 4.03. The Morgan fingerprint density at radius 2 is 2.12 bits per heavy atom. The van der Waals surface area contributed by atoms with Crippen molar-refractivity contribution in [3.05, 3.63) is 41.5 Å². The smallest absolute Gasteiger partial charge is 0.255 e. The molecule has 1 aliphatic heterocycles. The largest absolute Gasteiger partial charge is 0.370 e. The lowest BCUT2D eigenvalue weighted by atomic mass is 10.1. The fraction of sp³-hybridized carbons (Fsp3) is 0.471. The molecule has 2 atom stereocenters. The maximum Gasteiger partial charge on any atom is 0.255 e. The van der Waals surface area contributed by atoms with Crippen molar-refractivity contribution in [1.29, 1.82) is 0 Å². The van der Waals surface area contributed by atoms with Gasteiger partial charge < -0.3 is 20.3 Å². The van der Waals surface area contributed by atoms with E-state index in [0.717, 1.165) is 24.9 Å². The molecule has 2 heterocycles. The van der Waals surface area contributed by atoms with Gasteiger partial charge in [-0.2, -0.15) is 4.98 Å². The molecule has 0 spiro atoms. The second-order valence-corrected chi connectivity index (χ2v) is 5.91. The van der Waals surface area contributed by atoms with Crippen LogP contribution in [0.5, 0.6) is 0 Å². The van der Waals surface area contributed by atoms with Gasteiger partial charge >= 0.3 is 0 Å². The van der Waals surface area contributed by atoms with E-state index in [0.29, 0.717) is 24.2 Å². The number of ether oxygens (including phenoxy) is 1. The third kappa shape index (κ3) is 4.11. The topological polar surface area (TPSA) is 98.6 Å². The van der Waals surface area contributed by atoms with E-state index in [1.807, 2.05) is 12.1 Å². The van der Waals surface area contributed by atoms with Crippen LogP contribution < -0.4 is 11.1 Å². The van der Waals surface area contributed by atoms with Crippen LogP contribution in [0.2, 0.25) is 0 Å². The summed E-state index contributed by atoms with van der Waals surface area (Å²) in [5, 5.41) is 6.89. The van der Waals surface area contributed by atoms with E-state index in [9.17, 15) is 0 Å². The summed E-state index contributed by atoms with van der Waals surface area (Å²) in [7, 11) is 0. The SMILES string of the molecule is CCc1ccc(NC(N)=NC[C@H]2CC[C@@H](c3nc(C)no3)O2)cc1. The van der Waals surface area contributed by atoms with Gasteiger partial charge in [0.15, 0.2) is 11.8 Å². The number of aliphatic imine (C=N–C) groups is 1. The number of aromatic nitrogens is 2. The molecule has 2 aromatic rings. The highest BCUT2D eigenvalue weighted by Gasteiger charge is 2.30. The van der Waals surface area contributed by atoms with Crippen LogP contribution in [0.4, 0.5) is 5.69 Å². The Hall–Kier alpha value is -2.41. The van der Waals surface area contributed by atoms with Gasteiger partial charge in [-0.15, -0.1) is 0 Å². The molecule has 7 heteroatoms. The maximum atomic E-state index is 5.95. The molecule has 0 unspecified atom stereocenters. The minimum Gasteiger partial charge on any atom is -0.370 e. The molecular weight excluding hydrogens is 306 g/mol. The Labute approximate surface area is 141 Å². The highest BCUT2D eigenvalue weighted by atomic mass is 16.5. The van der Waals surface area contributed by atoms with Gasteiger partial charge in [-0.1, -0.05) is 24.2 Å². The van der Waals surface area contributed by atoms with Crippen molar-refractivity contribution in [1.82, 2.24) is 10.1 Å². The first-order chi connectivity index (χ1) is 11.6. The summed E-state index contributed by atoms with van der Waals surface area (Å²) in [6, 6.07) is 8.15. The van der Waals surface area contributed by atoms with Crippen molar-refractivity contribution in [2.45, 2.75) is 45.3 Å². The number of benzene rings is 1. The van der Waals surface area contributed by atoms with Crippen LogP contribution in [0, 0.1) is 6.92 Å². The zero-order chi connectivity index (χ0) is 16.9. The van der Waals surface area contributed by atoms with Gasteiger partial charge in [0.1, 0.15) is 6.10 Å². The zero-order valence-corrected chi connectivity index (χ0v) is 14.0. The molecule has 128 valence electrons. The first-order valence-corrected chi connectivity index (χ1v) is 8.25. The fourth-order valence-corrected chi connectivity index (χ4v) is 2.68. The molecule has 3 N–H and O–H groups in total. The van der Waals surface area contributed by atoms with Crippen molar-refractivity contribution in [2.75, 3.05) is 11.9 Å². The van der Waals surface area contributed by atoms with Crippen LogP contribution in [0.15, 0.2) is 33.8 Å². The van der Waals surface area contributed by atoms with Crippen LogP contribution in [-0.4, -0.2) is 28.7 Å². The zero-order valence-electron chi connectivity index (χ0n) is 14.0. The Morgan fingerprint density at radius 1 is 1.33 bits per heavy atom. The number of nitrogens with two attached hydrogens (primary N) is 1. The number of hydrogen-bond acceptors (Lipinski definition) is 5. The summed E-state index contributed by atoms with van der Waals surface area (Å²) in [6.07, 6.45) is 2.65. The standard InChI is InChI=1S/C17H23N5O2/c1-3-12-4-6-13(7-5-12)21-17(18)19-10-14-8-9-15(23-14)16-20-11(2)22-24-16/h4-7,14-15H,3,8-10H2,1-2H3,(H3,18,19,21)/t14-,15+/m1/s1. The van der Waals surface area contributed by atoms with Gasteiger partial charge in [0.25, 0.3) is 5.89 Å². The van der Waals surface area contributed by atoms with Crippen LogP contribution in [0.1, 0.15) is 43.1 Å². The average molecular weight is 329 g/mol. The molecule has 1 aliphatic rings. The molecule has 0 amide bonds. The highest BCUT2D eigenvalue weighted by Crippen LogP contribution is 2.31. The lowest BCUT2D eigenvalue weighted by Gasteiger charge is -2.10. The van der Waals surface area contributed by atoms with E-state index in [4.69, 9.17) is 15.0 Å². The van der Waals surface area contributed by atoms with Gasteiger partial charge in [0, 0.05) is 5.69 Å². The monoisotopic (exact) mass is 329 g/mol. The Morgan fingerprint density at radius 3 is 2.79 bits per heavy atom. The lowest BCUT2D eigenvalue weighted by Crippen LogP contribution is -2.24. The average Bonchev–Trinajstić information content (AvgIpc) is 3.22. The fourth-order valence-electron chi connectivity index (χ4n) is 2.68. The predicted molar refractivity (Wildman–Crippen MR) is 91.8 cm³/mol. The molecule has 1 saturated heterocycles. The molecule has 1 aromatic carbocycles. The summed E-state index contributed by atoms with van der Waals surface area (Å²) in [6.45, 7) is 4.43. The summed E-state index contributed by atoms with van der Waals surface area (Å²) < 4.78 is 11.1. The van der Waals surface area contributed by atoms with E-state index in [1.54, 1.807) is 6.92 Å². The molecule has 0 aliphatic carbocycles. The van der Waals surface area contributed by atoms with Crippen LogP contribution in [-0.2, 0) is 11.2 Å². The van der Waals surface area contributed by atoms with E-state index in [2.05, 4.69) is 39.5 Å². The van der Waals surface area contributed by atoms with Crippen molar-refractivity contribution >= 4 is 11.6 Å². The van der Waals surface area contributed by atoms with Gasteiger partial charge in [-0.25, -0.2) is 0 Å². The molecular formula is C17H23N5O2. The van der Waals surface area contributed by atoms with Crippen molar-refractivity contribution in [2.24, 2.45) is 10.7 Å². The highest BCUT2D eigenvalue weighted by molar-refractivity contribution is 5.92. The predicted octanol–water partition coefficient (Wildman–Crippen LogP) is 2.59. The summed E-state index contributed by atoms with van der Waals surface area (Å²) >= 11 is 0. The number of aryl methyl sites for hydroxylation is 2. The van der Waals surface area contributed by atoms with E-state index in [-0.39, 0.29) is 12.2 Å². The number of guanidine groups is 1. The van der Waals surface area contributed by atoms with Crippen LogP contribution in [0.25, 0.3) is 0 Å². The first-order valence-electron chi connectivity index (χ1n) is 8.25. The number of hydrogen-bond donors (Lipinski definition) is 2. The minimum absolute atomic E-state index is 0.0185. The molecule has 7 nitrogen and oxygen atoms in total. The normalized spacial score (nSPS) is 21.2. The number of rotatable bonds is 5. The summed E-state index contributed by atoms with van der Waals surface area (Å²) in [4.78, 5) is 8.59. The third-order valence-corrected chi connectivity index (χ3v) is 4.03.